The summed E-state index contributed by atoms with van der Waals surface area (Å²) in [6, 6.07) is 6.73. The molecule has 1 fully saturated rings. The standard InChI is InChI=1S/C23H30ClN3O3/c1-4-12-27-19(15-26-13-7-6-9-16(26)3)20(22(28)30-5-2)21(25-23(27)29)17-10-8-11-18(24)14-17/h4,8,10-11,14,16,21H,1,5-7,9,12-13,15H2,2-3H3,(H,25,29). The third-order valence-electron chi connectivity index (χ3n) is 5.72. The Kier molecular flexibility index (Phi) is 7.56. The molecule has 0 aliphatic carbocycles. The summed E-state index contributed by atoms with van der Waals surface area (Å²) in [6.45, 7) is 9.78. The Bertz CT molecular complexity index is 839. The minimum absolute atomic E-state index is 0.257. The fourth-order valence-corrected chi connectivity index (χ4v) is 4.37. The zero-order chi connectivity index (χ0) is 21.7. The normalized spacial score (nSPS) is 22.6. The number of ether oxygens (including phenoxy) is 1. The first-order valence-electron chi connectivity index (χ1n) is 10.5. The van der Waals surface area contributed by atoms with Crippen LogP contribution in [0.15, 0.2) is 48.2 Å². The number of esters is 1. The fraction of sp³-hybridized carbons (Fsp3) is 0.478. The Labute approximate surface area is 183 Å². The Balaban J connectivity index is 2.12. The van der Waals surface area contributed by atoms with Crippen LogP contribution in [-0.4, -0.2) is 54.1 Å². The maximum absolute atomic E-state index is 13.1. The van der Waals surface area contributed by atoms with Crippen molar-refractivity contribution in [2.24, 2.45) is 0 Å². The molecule has 0 aromatic heterocycles. The lowest BCUT2D eigenvalue weighted by Crippen LogP contribution is -2.52. The Morgan fingerprint density at radius 1 is 1.40 bits per heavy atom. The molecule has 2 amide bonds. The van der Waals surface area contributed by atoms with Gasteiger partial charge in [0.15, 0.2) is 0 Å². The summed E-state index contributed by atoms with van der Waals surface area (Å²) >= 11 is 6.20. The lowest BCUT2D eigenvalue weighted by atomic mass is 9.93. The van der Waals surface area contributed by atoms with E-state index >= 15 is 0 Å². The number of amides is 2. The molecule has 2 unspecified atom stereocenters. The molecule has 1 saturated heterocycles. The predicted molar refractivity (Wildman–Crippen MR) is 118 cm³/mol. The van der Waals surface area contributed by atoms with E-state index in [0.29, 0.717) is 35.4 Å². The third kappa shape index (κ3) is 4.87. The molecular weight excluding hydrogens is 402 g/mol. The number of nitrogens with zero attached hydrogens (tertiary/aromatic N) is 2. The van der Waals surface area contributed by atoms with Crippen molar-refractivity contribution in [3.63, 3.8) is 0 Å². The lowest BCUT2D eigenvalue weighted by molar-refractivity contribution is -0.139. The summed E-state index contributed by atoms with van der Waals surface area (Å²) in [7, 11) is 0. The van der Waals surface area contributed by atoms with Gasteiger partial charge in [-0.05, 0) is 50.9 Å². The van der Waals surface area contributed by atoms with Gasteiger partial charge in [0.2, 0.25) is 0 Å². The zero-order valence-electron chi connectivity index (χ0n) is 17.7. The number of carbonyl (C=O) groups is 2. The second kappa shape index (κ2) is 10.1. The van der Waals surface area contributed by atoms with E-state index in [4.69, 9.17) is 16.3 Å². The van der Waals surface area contributed by atoms with Crippen molar-refractivity contribution in [1.82, 2.24) is 15.1 Å². The van der Waals surface area contributed by atoms with Crippen LogP contribution < -0.4 is 5.32 Å². The topological polar surface area (TPSA) is 61.9 Å². The highest BCUT2D eigenvalue weighted by Crippen LogP contribution is 2.34. The van der Waals surface area contributed by atoms with Crippen molar-refractivity contribution in [2.45, 2.75) is 45.2 Å². The summed E-state index contributed by atoms with van der Waals surface area (Å²) in [5.41, 5.74) is 1.88. The number of halogens is 1. The number of rotatable bonds is 7. The van der Waals surface area contributed by atoms with Crippen LogP contribution in [0.3, 0.4) is 0 Å². The van der Waals surface area contributed by atoms with Crippen LogP contribution in [-0.2, 0) is 9.53 Å². The van der Waals surface area contributed by atoms with Crippen molar-refractivity contribution in [1.29, 1.82) is 0 Å². The number of piperidine rings is 1. The predicted octanol–water partition coefficient (Wildman–Crippen LogP) is 4.28. The number of carbonyl (C=O) groups excluding carboxylic acids is 2. The molecule has 0 saturated carbocycles. The Morgan fingerprint density at radius 3 is 2.87 bits per heavy atom. The van der Waals surface area contributed by atoms with Crippen molar-refractivity contribution >= 4 is 23.6 Å². The van der Waals surface area contributed by atoms with E-state index in [1.54, 1.807) is 30.0 Å². The summed E-state index contributed by atoms with van der Waals surface area (Å²) < 4.78 is 5.42. The van der Waals surface area contributed by atoms with E-state index in [9.17, 15) is 9.59 Å². The van der Waals surface area contributed by atoms with Crippen LogP contribution in [0.25, 0.3) is 0 Å². The van der Waals surface area contributed by atoms with Gasteiger partial charge < -0.3 is 10.1 Å². The number of benzene rings is 1. The van der Waals surface area contributed by atoms with Gasteiger partial charge in [-0.15, -0.1) is 6.58 Å². The van der Waals surface area contributed by atoms with Crippen LogP contribution in [0.4, 0.5) is 4.79 Å². The van der Waals surface area contributed by atoms with Gasteiger partial charge in [0.1, 0.15) is 0 Å². The van der Waals surface area contributed by atoms with Crippen LogP contribution in [0.5, 0.6) is 0 Å². The first-order chi connectivity index (χ1) is 14.5. The van der Waals surface area contributed by atoms with Gasteiger partial charge in [0.25, 0.3) is 0 Å². The van der Waals surface area contributed by atoms with Crippen LogP contribution in [0.1, 0.15) is 44.7 Å². The molecule has 2 aliphatic rings. The minimum Gasteiger partial charge on any atom is -0.463 e. The van der Waals surface area contributed by atoms with Crippen LogP contribution in [0, 0.1) is 0 Å². The molecule has 1 aromatic rings. The molecule has 162 valence electrons. The molecule has 1 N–H and O–H groups in total. The van der Waals surface area contributed by atoms with Gasteiger partial charge in [0, 0.05) is 29.9 Å². The number of hydrogen-bond donors (Lipinski definition) is 1. The molecule has 0 spiro atoms. The quantitative estimate of drug-likeness (QED) is 0.517. The Hall–Kier alpha value is -2.31. The summed E-state index contributed by atoms with van der Waals surface area (Å²) in [4.78, 5) is 30.1. The average molecular weight is 432 g/mol. The van der Waals surface area contributed by atoms with Gasteiger partial charge in [0.05, 0.1) is 18.2 Å². The summed E-state index contributed by atoms with van der Waals surface area (Å²) in [6.07, 6.45) is 5.08. The van der Waals surface area contributed by atoms with Crippen molar-refractivity contribution in [3.8, 4) is 0 Å². The van der Waals surface area contributed by atoms with Gasteiger partial charge in [-0.1, -0.05) is 36.2 Å². The maximum Gasteiger partial charge on any atom is 0.338 e. The lowest BCUT2D eigenvalue weighted by Gasteiger charge is -2.40. The van der Waals surface area contributed by atoms with E-state index in [2.05, 4.69) is 23.7 Å². The van der Waals surface area contributed by atoms with Gasteiger partial charge in [-0.3, -0.25) is 9.80 Å². The highest BCUT2D eigenvalue weighted by Gasteiger charge is 2.39. The smallest absolute Gasteiger partial charge is 0.338 e. The van der Waals surface area contributed by atoms with Crippen LogP contribution >= 0.6 is 11.6 Å². The molecule has 6 nitrogen and oxygen atoms in total. The SMILES string of the molecule is C=CCN1C(=O)NC(c2cccc(Cl)c2)C(C(=O)OCC)=C1CN1CCCCC1C. The highest BCUT2D eigenvalue weighted by atomic mass is 35.5. The van der Waals surface area contributed by atoms with Gasteiger partial charge >= 0.3 is 12.0 Å². The molecule has 2 heterocycles. The summed E-state index contributed by atoms with van der Waals surface area (Å²) in [5, 5.41) is 3.51. The van der Waals surface area contributed by atoms with Gasteiger partial charge in [-0.25, -0.2) is 9.59 Å². The summed E-state index contributed by atoms with van der Waals surface area (Å²) in [5.74, 6) is -0.420. The molecule has 2 atom stereocenters. The largest absolute Gasteiger partial charge is 0.463 e. The van der Waals surface area contributed by atoms with Crippen LogP contribution in [0.2, 0.25) is 5.02 Å². The average Bonchev–Trinajstić information content (AvgIpc) is 2.72. The van der Waals surface area contributed by atoms with Gasteiger partial charge in [-0.2, -0.15) is 0 Å². The molecular formula is C23H30ClN3O3. The van der Waals surface area contributed by atoms with E-state index in [0.717, 1.165) is 24.9 Å². The molecule has 3 rings (SSSR count). The molecule has 0 radical (unpaired) electrons. The second-order valence-electron chi connectivity index (χ2n) is 7.73. The highest BCUT2D eigenvalue weighted by molar-refractivity contribution is 6.30. The molecule has 0 bridgehead atoms. The first-order valence-corrected chi connectivity index (χ1v) is 10.9. The molecule has 1 aromatic carbocycles. The van der Waals surface area contributed by atoms with E-state index in [1.807, 2.05) is 12.1 Å². The first kappa shape index (κ1) is 22.4. The monoisotopic (exact) mass is 431 g/mol. The van der Waals surface area contributed by atoms with Crippen molar-refractivity contribution in [3.05, 3.63) is 58.8 Å². The van der Waals surface area contributed by atoms with Crippen molar-refractivity contribution < 1.29 is 14.3 Å². The van der Waals surface area contributed by atoms with E-state index < -0.39 is 12.0 Å². The third-order valence-corrected chi connectivity index (χ3v) is 5.96. The minimum atomic E-state index is -0.619. The fourth-order valence-electron chi connectivity index (χ4n) is 4.17. The molecule has 7 heteroatoms. The Morgan fingerprint density at radius 2 is 2.20 bits per heavy atom. The van der Waals surface area contributed by atoms with E-state index in [1.165, 1.54) is 6.42 Å². The number of nitrogens with one attached hydrogen (secondary N) is 1. The number of likely N-dealkylation sites (tertiary alicyclic amines) is 1. The van der Waals surface area contributed by atoms with E-state index in [-0.39, 0.29) is 12.6 Å². The zero-order valence-corrected chi connectivity index (χ0v) is 18.5. The molecule has 2 aliphatic heterocycles. The van der Waals surface area contributed by atoms with Crippen molar-refractivity contribution in [2.75, 3.05) is 26.2 Å². The number of hydrogen-bond acceptors (Lipinski definition) is 4. The second-order valence-corrected chi connectivity index (χ2v) is 8.17. The number of urea groups is 1. The maximum atomic E-state index is 13.1. The molecule has 30 heavy (non-hydrogen) atoms.